The summed E-state index contributed by atoms with van der Waals surface area (Å²) in [5, 5.41) is 17.9. The first-order valence-corrected chi connectivity index (χ1v) is 6.84. The summed E-state index contributed by atoms with van der Waals surface area (Å²) in [7, 11) is 1.70. The Bertz CT molecular complexity index is 322. The molecule has 0 spiro atoms. The lowest BCUT2D eigenvalue weighted by Gasteiger charge is -2.28. The second-order valence-corrected chi connectivity index (χ2v) is 5.23. The van der Waals surface area contributed by atoms with Crippen LogP contribution in [0.25, 0.3) is 0 Å². The maximum atomic E-state index is 12.2. The van der Waals surface area contributed by atoms with E-state index in [0.29, 0.717) is 13.1 Å². The second kappa shape index (κ2) is 7.33. The first-order valence-electron chi connectivity index (χ1n) is 6.84. The molecule has 6 heteroatoms. The third-order valence-corrected chi connectivity index (χ3v) is 3.68. The van der Waals surface area contributed by atoms with Crippen molar-refractivity contribution in [2.75, 3.05) is 26.7 Å². The van der Waals surface area contributed by atoms with Crippen LogP contribution in [0.2, 0.25) is 0 Å². The van der Waals surface area contributed by atoms with E-state index in [4.69, 9.17) is 5.11 Å². The number of carbonyl (C=O) groups is 2. The van der Waals surface area contributed by atoms with Gasteiger partial charge < -0.3 is 20.0 Å². The maximum absolute atomic E-state index is 12.2. The second-order valence-electron chi connectivity index (χ2n) is 5.23. The van der Waals surface area contributed by atoms with Crippen LogP contribution < -0.4 is 0 Å². The normalized spacial score (nSPS) is 22.6. The highest BCUT2D eigenvalue weighted by Crippen LogP contribution is 2.25. The van der Waals surface area contributed by atoms with Gasteiger partial charge >= 0.3 is 12.0 Å². The summed E-state index contributed by atoms with van der Waals surface area (Å²) in [6, 6.07) is -0.909. The van der Waals surface area contributed by atoms with Crippen LogP contribution in [0.1, 0.15) is 32.6 Å². The lowest BCUT2D eigenvalue weighted by Crippen LogP contribution is -2.48. The topological polar surface area (TPSA) is 81.1 Å². The minimum atomic E-state index is -0.924. The zero-order valence-electron chi connectivity index (χ0n) is 11.7. The predicted molar refractivity (Wildman–Crippen MR) is 70.9 cm³/mol. The van der Waals surface area contributed by atoms with Gasteiger partial charge in [0.25, 0.3) is 0 Å². The van der Waals surface area contributed by atoms with Gasteiger partial charge in [-0.3, -0.25) is 0 Å². The molecule has 0 aromatic rings. The van der Waals surface area contributed by atoms with E-state index >= 15 is 0 Å². The number of carbonyl (C=O) groups excluding carboxylic acids is 1. The Balaban J connectivity index is 2.49. The van der Waals surface area contributed by atoms with E-state index in [1.807, 2.05) is 6.92 Å². The number of amides is 2. The number of urea groups is 1. The smallest absolute Gasteiger partial charge is 0.326 e. The minimum absolute atomic E-state index is 0.00392. The Morgan fingerprint density at radius 1 is 1.32 bits per heavy atom. The molecule has 0 saturated carbocycles. The van der Waals surface area contributed by atoms with Gasteiger partial charge in [0.2, 0.25) is 0 Å². The SMILES string of the molecule is CC1CCN(C(=O)N(C)CCCCCO)C1C(=O)O. The van der Waals surface area contributed by atoms with Gasteiger partial charge in [0.15, 0.2) is 0 Å². The Kier molecular flexibility index (Phi) is 6.08. The largest absolute Gasteiger partial charge is 0.480 e. The van der Waals surface area contributed by atoms with Gasteiger partial charge in [-0.2, -0.15) is 0 Å². The van der Waals surface area contributed by atoms with Crippen molar-refractivity contribution in [3.63, 3.8) is 0 Å². The zero-order chi connectivity index (χ0) is 14.4. The number of hydrogen-bond acceptors (Lipinski definition) is 3. The number of carboxylic acid groups (broad SMARTS) is 1. The molecule has 0 aromatic carbocycles. The molecule has 2 amide bonds. The van der Waals surface area contributed by atoms with Crippen LogP contribution in [-0.4, -0.2) is 64.8 Å². The summed E-state index contributed by atoms with van der Waals surface area (Å²) in [6.07, 6.45) is 3.17. The van der Waals surface area contributed by atoms with E-state index in [1.165, 1.54) is 4.90 Å². The van der Waals surface area contributed by atoms with E-state index < -0.39 is 12.0 Å². The molecule has 0 aliphatic carbocycles. The molecule has 1 fully saturated rings. The summed E-state index contributed by atoms with van der Waals surface area (Å²) in [4.78, 5) is 26.4. The summed E-state index contributed by atoms with van der Waals surface area (Å²) < 4.78 is 0. The van der Waals surface area contributed by atoms with Crippen LogP contribution in [0.3, 0.4) is 0 Å². The van der Waals surface area contributed by atoms with Gasteiger partial charge in [0.05, 0.1) is 0 Å². The molecule has 2 unspecified atom stereocenters. The molecule has 0 radical (unpaired) electrons. The standard InChI is InChI=1S/C13H24N2O4/c1-10-6-8-15(11(10)12(17)18)13(19)14(2)7-4-3-5-9-16/h10-11,16H,3-9H2,1-2H3,(H,17,18). The number of nitrogens with zero attached hydrogens (tertiary/aromatic N) is 2. The average molecular weight is 272 g/mol. The number of aliphatic hydroxyl groups is 1. The van der Waals surface area contributed by atoms with Gasteiger partial charge in [0.1, 0.15) is 6.04 Å². The molecule has 0 aromatic heterocycles. The highest BCUT2D eigenvalue weighted by molar-refractivity contribution is 5.83. The monoisotopic (exact) mass is 272 g/mol. The van der Waals surface area contributed by atoms with E-state index in [-0.39, 0.29) is 18.6 Å². The van der Waals surface area contributed by atoms with Crippen LogP contribution in [0, 0.1) is 5.92 Å². The van der Waals surface area contributed by atoms with E-state index in [0.717, 1.165) is 25.7 Å². The van der Waals surface area contributed by atoms with Crippen LogP contribution in [0.4, 0.5) is 4.79 Å². The molecule has 19 heavy (non-hydrogen) atoms. The fourth-order valence-electron chi connectivity index (χ4n) is 2.49. The molecule has 1 aliphatic rings. The van der Waals surface area contributed by atoms with Crippen LogP contribution in [0.5, 0.6) is 0 Å². The molecule has 1 rings (SSSR count). The third-order valence-electron chi connectivity index (χ3n) is 3.68. The fraction of sp³-hybridized carbons (Fsp3) is 0.846. The number of aliphatic hydroxyl groups excluding tert-OH is 1. The van der Waals surface area contributed by atoms with Crippen molar-refractivity contribution in [2.24, 2.45) is 5.92 Å². The van der Waals surface area contributed by atoms with Crippen molar-refractivity contribution in [1.82, 2.24) is 9.80 Å². The molecule has 0 bridgehead atoms. The first kappa shape index (κ1) is 15.8. The van der Waals surface area contributed by atoms with Crippen molar-refractivity contribution in [1.29, 1.82) is 0 Å². The Hall–Kier alpha value is -1.30. The van der Waals surface area contributed by atoms with Crippen LogP contribution >= 0.6 is 0 Å². The molecule has 1 saturated heterocycles. The minimum Gasteiger partial charge on any atom is -0.480 e. The quantitative estimate of drug-likeness (QED) is 0.707. The molecule has 1 heterocycles. The third kappa shape index (κ3) is 4.09. The lowest BCUT2D eigenvalue weighted by atomic mass is 10.0. The van der Waals surface area contributed by atoms with Crippen molar-refractivity contribution in [3.05, 3.63) is 0 Å². The van der Waals surface area contributed by atoms with E-state index in [1.54, 1.807) is 11.9 Å². The van der Waals surface area contributed by atoms with Gasteiger partial charge in [-0.05, 0) is 31.6 Å². The van der Waals surface area contributed by atoms with Crippen molar-refractivity contribution in [2.45, 2.75) is 38.6 Å². The van der Waals surface area contributed by atoms with Crippen molar-refractivity contribution >= 4 is 12.0 Å². The molecule has 2 atom stereocenters. The molecular formula is C13H24N2O4. The Morgan fingerprint density at radius 2 is 2.00 bits per heavy atom. The number of rotatable bonds is 6. The first-order chi connectivity index (χ1) is 8.99. The highest BCUT2D eigenvalue weighted by Gasteiger charge is 2.40. The number of hydrogen-bond donors (Lipinski definition) is 2. The fourth-order valence-corrected chi connectivity index (χ4v) is 2.49. The molecule has 110 valence electrons. The lowest BCUT2D eigenvalue weighted by molar-refractivity contribution is -0.142. The summed E-state index contributed by atoms with van der Waals surface area (Å²) in [5.41, 5.74) is 0. The summed E-state index contributed by atoms with van der Waals surface area (Å²) in [6.45, 7) is 3.14. The number of unbranched alkanes of at least 4 members (excludes halogenated alkanes) is 2. The van der Waals surface area contributed by atoms with Crippen LogP contribution in [0.15, 0.2) is 0 Å². The predicted octanol–water partition coefficient (Wildman–Crippen LogP) is 0.996. The number of aliphatic carboxylic acids is 1. The highest BCUT2D eigenvalue weighted by atomic mass is 16.4. The van der Waals surface area contributed by atoms with E-state index in [9.17, 15) is 14.7 Å². The van der Waals surface area contributed by atoms with Gasteiger partial charge in [0, 0.05) is 26.7 Å². The maximum Gasteiger partial charge on any atom is 0.326 e. The Labute approximate surface area is 114 Å². The molecule has 6 nitrogen and oxygen atoms in total. The van der Waals surface area contributed by atoms with Gasteiger partial charge in [-0.15, -0.1) is 0 Å². The van der Waals surface area contributed by atoms with Gasteiger partial charge in [-0.25, -0.2) is 9.59 Å². The van der Waals surface area contributed by atoms with Crippen molar-refractivity contribution < 1.29 is 19.8 Å². The van der Waals surface area contributed by atoms with E-state index in [2.05, 4.69) is 0 Å². The molecular weight excluding hydrogens is 248 g/mol. The number of carboxylic acids is 1. The molecule has 2 N–H and O–H groups in total. The van der Waals surface area contributed by atoms with Crippen LogP contribution in [-0.2, 0) is 4.79 Å². The zero-order valence-corrected chi connectivity index (χ0v) is 11.7. The van der Waals surface area contributed by atoms with Crippen molar-refractivity contribution in [3.8, 4) is 0 Å². The summed E-state index contributed by atoms with van der Waals surface area (Å²) >= 11 is 0. The summed E-state index contributed by atoms with van der Waals surface area (Å²) in [5.74, 6) is -0.920. The average Bonchev–Trinajstić information content (AvgIpc) is 2.75. The molecule has 1 aliphatic heterocycles. The Morgan fingerprint density at radius 3 is 2.58 bits per heavy atom. The van der Waals surface area contributed by atoms with Gasteiger partial charge in [-0.1, -0.05) is 6.92 Å². The number of likely N-dealkylation sites (tertiary alicyclic amines) is 1.